The number of carbonyl (C=O) groups excluding carboxylic acids is 1. The molecule has 1 aliphatic rings. The van der Waals surface area contributed by atoms with Gasteiger partial charge in [-0.15, -0.1) is 0 Å². The van der Waals surface area contributed by atoms with Crippen molar-refractivity contribution in [2.45, 2.75) is 19.0 Å². The van der Waals surface area contributed by atoms with Crippen LogP contribution in [0, 0.1) is 0 Å². The van der Waals surface area contributed by atoms with Crippen LogP contribution in [0.2, 0.25) is 0 Å². The maximum Gasteiger partial charge on any atom is 0.416 e. The number of halogens is 7. The van der Waals surface area contributed by atoms with Crippen molar-refractivity contribution in [1.29, 1.82) is 0 Å². The van der Waals surface area contributed by atoms with E-state index in [1.807, 2.05) is 0 Å². The van der Waals surface area contributed by atoms with E-state index in [1.165, 1.54) is 26.3 Å². The maximum absolute atomic E-state index is 13.4. The second kappa shape index (κ2) is 9.90. The third kappa shape index (κ3) is 5.87. The number of ether oxygens (including phenoxy) is 2. The van der Waals surface area contributed by atoms with Gasteiger partial charge in [0.1, 0.15) is 12.4 Å². The van der Waals surface area contributed by atoms with Crippen molar-refractivity contribution in [3.05, 3.63) is 62.0 Å². The Bertz CT molecular complexity index is 1180. The molecule has 2 aromatic carbocycles. The lowest BCUT2D eigenvalue weighted by Gasteiger charge is -2.17. The molecule has 34 heavy (non-hydrogen) atoms. The van der Waals surface area contributed by atoms with Gasteiger partial charge >= 0.3 is 12.4 Å². The Morgan fingerprint density at radius 1 is 1.09 bits per heavy atom. The molecule has 3 rings (SSSR count). The number of rotatable bonds is 5. The van der Waals surface area contributed by atoms with E-state index in [4.69, 9.17) is 9.47 Å². The average Bonchev–Trinajstić information content (AvgIpc) is 3.11. The Kier molecular flexibility index (Phi) is 7.56. The summed E-state index contributed by atoms with van der Waals surface area (Å²) in [6.07, 6.45) is -8.28. The summed E-state index contributed by atoms with van der Waals surface area (Å²) in [6.45, 7) is -0.656. The molecular weight excluding hydrogens is 554 g/mol. The van der Waals surface area contributed by atoms with E-state index in [-0.39, 0.29) is 22.8 Å². The zero-order valence-corrected chi connectivity index (χ0v) is 19.8. The lowest BCUT2D eigenvalue weighted by atomic mass is 10.0. The van der Waals surface area contributed by atoms with Crippen LogP contribution in [0.5, 0.6) is 11.5 Å². The van der Waals surface area contributed by atoms with Gasteiger partial charge in [0.15, 0.2) is 11.5 Å². The summed E-state index contributed by atoms with van der Waals surface area (Å²) in [4.78, 5) is 16.1. The number of hydrogen-bond acceptors (Lipinski definition) is 5. The number of hydrogen-bond donors (Lipinski definition) is 1. The highest BCUT2D eigenvalue weighted by molar-refractivity contribution is 9.10. The van der Waals surface area contributed by atoms with Gasteiger partial charge in [0.2, 0.25) is 0 Å². The van der Waals surface area contributed by atoms with Crippen LogP contribution in [0.4, 0.5) is 31.1 Å². The van der Waals surface area contributed by atoms with Crippen LogP contribution in [0.1, 0.15) is 22.3 Å². The van der Waals surface area contributed by atoms with Crippen molar-refractivity contribution >= 4 is 44.8 Å². The molecule has 182 valence electrons. The summed E-state index contributed by atoms with van der Waals surface area (Å²) in [7, 11) is 2.83. The second-order valence-corrected chi connectivity index (χ2v) is 8.65. The Morgan fingerprint density at radius 2 is 1.79 bits per heavy atom. The van der Waals surface area contributed by atoms with E-state index in [0.717, 1.165) is 17.8 Å². The lowest BCUT2D eigenvalue weighted by Crippen LogP contribution is -2.18. The summed E-state index contributed by atoms with van der Waals surface area (Å²) in [5.74, 6) is 0.596. The van der Waals surface area contributed by atoms with E-state index in [0.29, 0.717) is 26.8 Å². The van der Waals surface area contributed by atoms with Crippen LogP contribution in [-0.2, 0) is 19.0 Å². The van der Waals surface area contributed by atoms with E-state index in [1.54, 1.807) is 6.08 Å². The molecular formula is C21H15BrF6N2O3S. The molecule has 0 bridgehead atoms. The molecule has 0 aliphatic carbocycles. The molecule has 0 spiro atoms. The summed E-state index contributed by atoms with van der Waals surface area (Å²) in [5.41, 5.74) is -2.76. The van der Waals surface area contributed by atoms with Gasteiger partial charge in [-0.3, -0.25) is 9.79 Å². The van der Waals surface area contributed by atoms with Crippen molar-refractivity contribution in [3.8, 4) is 11.5 Å². The Labute approximate surface area is 202 Å². The number of benzene rings is 2. The van der Waals surface area contributed by atoms with Gasteiger partial charge in [0, 0.05) is 17.1 Å². The molecule has 0 unspecified atom stereocenters. The largest absolute Gasteiger partial charge is 0.493 e. The fourth-order valence-corrected chi connectivity index (χ4v) is 4.18. The van der Waals surface area contributed by atoms with E-state index >= 15 is 0 Å². The summed E-state index contributed by atoms with van der Waals surface area (Å²) < 4.78 is 90.0. The molecule has 0 saturated carbocycles. The minimum atomic E-state index is -5.01. The predicted molar refractivity (Wildman–Crippen MR) is 119 cm³/mol. The first-order valence-electron chi connectivity index (χ1n) is 9.28. The summed E-state index contributed by atoms with van der Waals surface area (Å²) in [6, 6.07) is 4.33. The maximum atomic E-state index is 13.4. The molecule has 1 aliphatic heterocycles. The van der Waals surface area contributed by atoms with Crippen LogP contribution in [-0.4, -0.2) is 25.2 Å². The van der Waals surface area contributed by atoms with Gasteiger partial charge in [0.05, 0.1) is 23.1 Å². The Hall–Kier alpha value is -2.67. The summed E-state index contributed by atoms with van der Waals surface area (Å²) in [5, 5.41) is 2.28. The number of methoxy groups -OCH3 is 1. The second-order valence-electron chi connectivity index (χ2n) is 6.78. The number of thioether (sulfide) groups is 1. The zero-order chi connectivity index (χ0) is 25.3. The van der Waals surface area contributed by atoms with Crippen molar-refractivity contribution in [3.63, 3.8) is 0 Å². The van der Waals surface area contributed by atoms with Crippen molar-refractivity contribution < 1.29 is 40.6 Å². The molecule has 1 amide bonds. The first kappa shape index (κ1) is 25.9. The fraction of sp³-hybridized carbons (Fsp3) is 0.238. The molecule has 5 nitrogen and oxygen atoms in total. The normalized spacial score (nSPS) is 16.8. The van der Waals surface area contributed by atoms with Crippen LogP contribution < -0.4 is 14.8 Å². The summed E-state index contributed by atoms with van der Waals surface area (Å²) >= 11 is 4.27. The molecule has 13 heteroatoms. The quantitative estimate of drug-likeness (QED) is 0.398. The lowest BCUT2D eigenvalue weighted by molar-refractivity contribution is -0.143. The average molecular weight is 569 g/mol. The number of nitrogens with zero attached hydrogens (tertiary/aromatic N) is 1. The van der Waals surface area contributed by atoms with Crippen LogP contribution >= 0.6 is 27.7 Å². The number of amidine groups is 1. The van der Waals surface area contributed by atoms with Crippen molar-refractivity contribution in [1.82, 2.24) is 5.32 Å². The van der Waals surface area contributed by atoms with E-state index in [2.05, 4.69) is 26.2 Å². The van der Waals surface area contributed by atoms with Gasteiger partial charge in [-0.05, 0) is 47.7 Å². The molecule has 1 N–H and O–H groups in total. The highest BCUT2D eigenvalue weighted by Crippen LogP contribution is 2.40. The zero-order valence-electron chi connectivity index (χ0n) is 17.4. The fourth-order valence-electron chi connectivity index (χ4n) is 2.97. The SMILES string of the molecule is CN=C1NC(=O)S/C1=C\c1cc(OC)c(OCc2ccc(C(F)(F)F)cc2C(F)(F)F)cc1Br. The molecule has 2 aromatic rings. The number of aliphatic imine (C=N–C) groups is 1. The standard InChI is InChI=1S/C21H15BrF6N2O3S/c1-29-18-17(34-19(31)30-18)6-11-5-15(32-2)16(8-14(11)22)33-9-10-3-4-12(20(23,24)25)7-13(10)21(26,27)28/h3-8H,9H2,1-2H3,(H,29,30,31)/b17-6-. The number of carbonyl (C=O) groups is 1. The van der Waals surface area contributed by atoms with Crippen LogP contribution in [0.3, 0.4) is 0 Å². The van der Waals surface area contributed by atoms with Crippen molar-refractivity contribution in [2.24, 2.45) is 4.99 Å². The monoisotopic (exact) mass is 568 g/mol. The number of amides is 1. The van der Waals surface area contributed by atoms with Gasteiger partial charge in [0.25, 0.3) is 5.24 Å². The highest BCUT2D eigenvalue weighted by Gasteiger charge is 2.38. The minimum Gasteiger partial charge on any atom is -0.493 e. The molecule has 1 saturated heterocycles. The molecule has 1 fully saturated rings. The molecule has 0 aromatic heterocycles. The highest BCUT2D eigenvalue weighted by atomic mass is 79.9. The van der Waals surface area contributed by atoms with Gasteiger partial charge in [-0.2, -0.15) is 26.3 Å². The van der Waals surface area contributed by atoms with Crippen LogP contribution in [0.15, 0.2) is 44.7 Å². The van der Waals surface area contributed by atoms with E-state index < -0.39 is 35.6 Å². The van der Waals surface area contributed by atoms with Gasteiger partial charge in [-0.25, -0.2) is 0 Å². The number of alkyl halides is 6. The van der Waals surface area contributed by atoms with E-state index in [9.17, 15) is 31.1 Å². The molecule has 0 radical (unpaired) electrons. The smallest absolute Gasteiger partial charge is 0.416 e. The predicted octanol–water partition coefficient (Wildman–Crippen LogP) is 6.90. The van der Waals surface area contributed by atoms with Gasteiger partial charge < -0.3 is 14.8 Å². The third-order valence-corrected chi connectivity index (χ3v) is 6.08. The first-order valence-corrected chi connectivity index (χ1v) is 10.9. The Balaban J connectivity index is 1.91. The number of nitrogens with one attached hydrogen (secondary N) is 1. The topological polar surface area (TPSA) is 59.9 Å². The first-order chi connectivity index (χ1) is 15.8. The Morgan fingerprint density at radius 3 is 2.38 bits per heavy atom. The molecule has 1 heterocycles. The van der Waals surface area contributed by atoms with Crippen molar-refractivity contribution in [2.75, 3.05) is 14.2 Å². The van der Waals surface area contributed by atoms with Crippen LogP contribution in [0.25, 0.3) is 6.08 Å². The van der Waals surface area contributed by atoms with Gasteiger partial charge in [-0.1, -0.05) is 22.0 Å². The minimum absolute atomic E-state index is 0.0576. The molecule has 0 atom stereocenters. The third-order valence-electron chi connectivity index (χ3n) is 4.58.